The summed E-state index contributed by atoms with van der Waals surface area (Å²) < 4.78 is 2.23. The average molecular weight is 222 g/mol. The van der Waals surface area contributed by atoms with E-state index in [1.165, 1.54) is 27.9 Å². The summed E-state index contributed by atoms with van der Waals surface area (Å²) in [5.74, 6) is 0. The minimum atomic E-state index is 1.05. The second-order valence-electron chi connectivity index (χ2n) is 4.63. The van der Waals surface area contributed by atoms with Gasteiger partial charge in [-0.15, -0.1) is 0 Å². The highest BCUT2D eigenvalue weighted by Gasteiger charge is 2.21. The molecule has 1 heteroatoms. The van der Waals surface area contributed by atoms with Crippen molar-refractivity contribution in [3.63, 3.8) is 0 Å². The van der Waals surface area contributed by atoms with Crippen LogP contribution in [0, 0.1) is 6.92 Å². The lowest BCUT2D eigenvalue weighted by Gasteiger charge is -2.08. The Morgan fingerprint density at radius 1 is 1.12 bits per heavy atom. The van der Waals surface area contributed by atoms with Crippen LogP contribution in [-0.4, -0.2) is 0 Å². The number of aryl methyl sites for hydroxylation is 2. The van der Waals surface area contributed by atoms with E-state index in [0.29, 0.717) is 0 Å². The summed E-state index contributed by atoms with van der Waals surface area (Å²) in [6, 6.07) is 10.8. The van der Waals surface area contributed by atoms with E-state index in [-0.39, 0.29) is 0 Å². The first-order chi connectivity index (χ1) is 8.27. The van der Waals surface area contributed by atoms with Crippen molar-refractivity contribution in [1.29, 1.82) is 0 Å². The minimum Gasteiger partial charge on any atom is -0.201 e. The highest BCUT2D eigenvalue weighted by atomic mass is 14.9. The van der Waals surface area contributed by atoms with Crippen LogP contribution in [0.25, 0.3) is 17.3 Å². The number of nitrogens with zero attached hydrogens (tertiary/aromatic N) is 1. The molecule has 3 rings (SSSR count). The number of allylic oxidation sites excluding steroid dienone is 1. The van der Waals surface area contributed by atoms with E-state index >= 15 is 0 Å². The summed E-state index contributed by atoms with van der Waals surface area (Å²) in [6.45, 7) is 2.18. The lowest BCUT2D eigenvalue weighted by Crippen LogP contribution is -2.32. The Kier molecular flexibility index (Phi) is 2.32. The normalized spacial score (nSPS) is 12.8. The van der Waals surface area contributed by atoms with Crippen molar-refractivity contribution in [1.82, 2.24) is 0 Å². The number of hydrogen-bond acceptors (Lipinski definition) is 0. The first-order valence-corrected chi connectivity index (χ1v) is 6.01. The summed E-state index contributed by atoms with van der Waals surface area (Å²) in [4.78, 5) is 0. The van der Waals surface area contributed by atoms with E-state index < -0.39 is 0 Å². The zero-order valence-electron chi connectivity index (χ0n) is 10.3. The van der Waals surface area contributed by atoms with Gasteiger partial charge in [0.1, 0.15) is 7.05 Å². The zero-order chi connectivity index (χ0) is 11.8. The molecule has 17 heavy (non-hydrogen) atoms. The van der Waals surface area contributed by atoms with Crippen LogP contribution in [0.2, 0.25) is 0 Å². The second kappa shape index (κ2) is 3.85. The van der Waals surface area contributed by atoms with Gasteiger partial charge in [0.2, 0.25) is 5.69 Å². The molecule has 0 aliphatic heterocycles. The Morgan fingerprint density at radius 3 is 2.76 bits per heavy atom. The number of fused-ring (bicyclic) bond motifs is 1. The first-order valence-electron chi connectivity index (χ1n) is 6.01. The molecule has 0 fully saturated rings. The maximum absolute atomic E-state index is 2.24. The molecule has 0 spiro atoms. The number of benzene rings is 1. The van der Waals surface area contributed by atoms with Gasteiger partial charge in [0.25, 0.3) is 0 Å². The van der Waals surface area contributed by atoms with Crippen molar-refractivity contribution < 1.29 is 4.57 Å². The molecular formula is C16H16N+. The molecule has 1 heterocycles. The van der Waals surface area contributed by atoms with Crippen LogP contribution in [0.3, 0.4) is 0 Å². The van der Waals surface area contributed by atoms with E-state index in [9.17, 15) is 0 Å². The van der Waals surface area contributed by atoms with Crippen molar-refractivity contribution in [2.24, 2.45) is 7.05 Å². The number of pyridine rings is 1. The summed E-state index contributed by atoms with van der Waals surface area (Å²) in [6.07, 6.45) is 7.66. The van der Waals surface area contributed by atoms with Crippen molar-refractivity contribution >= 4 is 6.08 Å². The Bertz CT molecular complexity index is 609. The van der Waals surface area contributed by atoms with E-state index in [2.05, 4.69) is 67.2 Å². The fourth-order valence-electron chi connectivity index (χ4n) is 2.58. The summed E-state index contributed by atoms with van der Waals surface area (Å²) in [7, 11) is 2.13. The quantitative estimate of drug-likeness (QED) is 0.653. The lowest BCUT2D eigenvalue weighted by atomic mass is 9.98. The molecule has 1 aliphatic carbocycles. The predicted molar refractivity (Wildman–Crippen MR) is 70.5 cm³/mol. The van der Waals surface area contributed by atoms with E-state index in [4.69, 9.17) is 0 Å². The highest BCUT2D eigenvalue weighted by molar-refractivity contribution is 5.72. The maximum Gasteiger partial charge on any atom is 0.216 e. The lowest BCUT2D eigenvalue weighted by molar-refractivity contribution is -0.660. The fourth-order valence-corrected chi connectivity index (χ4v) is 2.58. The van der Waals surface area contributed by atoms with Crippen LogP contribution in [0.5, 0.6) is 0 Å². The summed E-state index contributed by atoms with van der Waals surface area (Å²) in [5.41, 5.74) is 6.84. The predicted octanol–water partition coefficient (Wildman–Crippen LogP) is 3.06. The molecule has 0 bridgehead atoms. The smallest absolute Gasteiger partial charge is 0.201 e. The second-order valence-corrected chi connectivity index (χ2v) is 4.63. The Labute approximate surface area is 102 Å². The number of aromatic nitrogens is 1. The van der Waals surface area contributed by atoms with Gasteiger partial charge in [-0.2, -0.15) is 0 Å². The van der Waals surface area contributed by atoms with Crippen LogP contribution >= 0.6 is 0 Å². The highest BCUT2D eigenvalue weighted by Crippen LogP contribution is 2.29. The van der Waals surface area contributed by atoms with Crippen molar-refractivity contribution in [2.45, 2.75) is 13.3 Å². The molecule has 1 aromatic carbocycles. The molecule has 2 aromatic rings. The zero-order valence-corrected chi connectivity index (χ0v) is 10.3. The molecule has 0 saturated carbocycles. The Balaban J connectivity index is 2.29. The van der Waals surface area contributed by atoms with Crippen molar-refractivity contribution in [2.75, 3.05) is 0 Å². The monoisotopic (exact) mass is 222 g/mol. The third-order valence-electron chi connectivity index (χ3n) is 3.48. The molecular weight excluding hydrogens is 206 g/mol. The van der Waals surface area contributed by atoms with Crippen LogP contribution < -0.4 is 4.57 Å². The molecule has 0 atom stereocenters. The average Bonchev–Trinajstić information content (AvgIpc) is 2.79. The molecule has 0 unspecified atom stereocenters. The number of hydrogen-bond donors (Lipinski definition) is 0. The van der Waals surface area contributed by atoms with Crippen molar-refractivity contribution in [3.05, 3.63) is 59.3 Å². The Hall–Kier alpha value is -1.89. The summed E-state index contributed by atoms with van der Waals surface area (Å²) >= 11 is 0. The van der Waals surface area contributed by atoms with Crippen LogP contribution in [0.4, 0.5) is 0 Å². The van der Waals surface area contributed by atoms with Gasteiger partial charge in [-0.25, -0.2) is 4.57 Å². The van der Waals surface area contributed by atoms with Gasteiger partial charge >= 0.3 is 0 Å². The maximum atomic E-state index is 2.24. The van der Waals surface area contributed by atoms with Crippen LogP contribution in [0.15, 0.2) is 42.6 Å². The molecule has 1 nitrogen and oxygen atoms in total. The standard InChI is InChI=1S/C16H16N/c1-12-6-3-4-8-14(12)16-15-9-5-7-13(15)10-11-17(16)2/h3-8,10-11H,9H2,1-2H3/q+1. The third kappa shape index (κ3) is 1.59. The fraction of sp³-hybridized carbons (Fsp3) is 0.188. The molecule has 84 valence electrons. The van der Waals surface area contributed by atoms with Gasteiger partial charge in [-0.3, -0.25) is 0 Å². The van der Waals surface area contributed by atoms with Gasteiger partial charge in [0.15, 0.2) is 6.20 Å². The van der Waals surface area contributed by atoms with Gasteiger partial charge in [-0.1, -0.05) is 30.4 Å². The number of rotatable bonds is 1. The summed E-state index contributed by atoms with van der Waals surface area (Å²) in [5, 5.41) is 0. The molecule has 0 N–H and O–H groups in total. The first kappa shape index (κ1) is 10.3. The van der Waals surface area contributed by atoms with Gasteiger partial charge in [0, 0.05) is 17.2 Å². The molecule has 1 aromatic heterocycles. The third-order valence-corrected chi connectivity index (χ3v) is 3.48. The SMILES string of the molecule is Cc1ccccc1-c1c2c(cc[n+]1C)C=CC2. The van der Waals surface area contributed by atoms with E-state index in [1.807, 2.05) is 0 Å². The van der Waals surface area contributed by atoms with E-state index in [0.717, 1.165) is 6.42 Å². The van der Waals surface area contributed by atoms with Gasteiger partial charge in [0.05, 0.1) is 0 Å². The van der Waals surface area contributed by atoms with Crippen molar-refractivity contribution in [3.8, 4) is 11.3 Å². The minimum absolute atomic E-state index is 1.05. The van der Waals surface area contributed by atoms with Crippen LogP contribution in [0.1, 0.15) is 16.7 Å². The molecule has 0 radical (unpaired) electrons. The van der Waals surface area contributed by atoms with Gasteiger partial charge < -0.3 is 0 Å². The topological polar surface area (TPSA) is 3.88 Å². The van der Waals surface area contributed by atoms with Crippen LogP contribution in [-0.2, 0) is 13.5 Å². The Morgan fingerprint density at radius 2 is 1.94 bits per heavy atom. The molecule has 0 saturated heterocycles. The van der Waals surface area contributed by atoms with E-state index in [1.54, 1.807) is 0 Å². The van der Waals surface area contributed by atoms with Gasteiger partial charge in [-0.05, 0) is 30.5 Å². The molecule has 1 aliphatic rings. The largest absolute Gasteiger partial charge is 0.216 e. The molecule has 0 amide bonds.